The smallest absolute Gasteiger partial charge is 0.338 e. The lowest BCUT2D eigenvalue weighted by atomic mass is 10.1. The van der Waals surface area contributed by atoms with Crippen LogP contribution in [0.5, 0.6) is 0 Å². The molecule has 5 nitrogen and oxygen atoms in total. The van der Waals surface area contributed by atoms with Crippen LogP contribution >= 0.6 is 0 Å². The minimum atomic E-state index is -0.528. The van der Waals surface area contributed by atoms with E-state index in [0.717, 1.165) is 5.56 Å². The number of benzene rings is 1. The average molecular weight is 236 g/mol. The summed E-state index contributed by atoms with van der Waals surface area (Å²) in [6, 6.07) is 4.84. The van der Waals surface area contributed by atoms with Gasteiger partial charge >= 0.3 is 5.97 Å². The first-order valence-electron chi connectivity index (χ1n) is 5.34. The molecule has 0 unspecified atom stereocenters. The predicted octanol–water partition coefficient (Wildman–Crippen LogP) is 0.870. The molecular weight excluding hydrogens is 220 g/mol. The highest BCUT2D eigenvalue weighted by molar-refractivity contribution is 5.92. The van der Waals surface area contributed by atoms with E-state index in [0.29, 0.717) is 17.8 Å². The molecule has 0 fully saturated rings. The summed E-state index contributed by atoms with van der Waals surface area (Å²) in [6.07, 6.45) is 0. The molecule has 0 saturated carbocycles. The van der Waals surface area contributed by atoms with Crippen LogP contribution in [0, 0.1) is 6.92 Å². The molecule has 1 aromatic carbocycles. The first-order valence-corrected chi connectivity index (χ1v) is 5.34. The van der Waals surface area contributed by atoms with Crippen LogP contribution in [0.25, 0.3) is 0 Å². The van der Waals surface area contributed by atoms with Crippen LogP contribution in [0.15, 0.2) is 18.2 Å². The summed E-state index contributed by atoms with van der Waals surface area (Å²) in [7, 11) is 0. The van der Waals surface area contributed by atoms with Gasteiger partial charge in [0, 0.05) is 12.2 Å². The van der Waals surface area contributed by atoms with E-state index in [4.69, 9.17) is 10.5 Å². The Balaban J connectivity index is 2.58. The molecule has 0 aliphatic rings. The lowest BCUT2D eigenvalue weighted by Crippen LogP contribution is -2.28. The van der Waals surface area contributed by atoms with Gasteiger partial charge in [0.1, 0.15) is 0 Å². The van der Waals surface area contributed by atoms with Gasteiger partial charge in [-0.25, -0.2) is 4.79 Å². The maximum Gasteiger partial charge on any atom is 0.338 e. The van der Waals surface area contributed by atoms with Crippen LogP contribution in [0.3, 0.4) is 0 Å². The molecule has 0 aromatic heterocycles. The van der Waals surface area contributed by atoms with Crippen LogP contribution in [0.1, 0.15) is 22.8 Å². The van der Waals surface area contributed by atoms with E-state index in [1.165, 1.54) is 0 Å². The largest absolute Gasteiger partial charge is 0.452 e. The van der Waals surface area contributed by atoms with Crippen LogP contribution < -0.4 is 11.1 Å². The minimum absolute atomic E-state index is 0.268. The van der Waals surface area contributed by atoms with E-state index >= 15 is 0 Å². The van der Waals surface area contributed by atoms with Gasteiger partial charge in [-0.2, -0.15) is 0 Å². The van der Waals surface area contributed by atoms with Crippen molar-refractivity contribution in [1.29, 1.82) is 0 Å². The van der Waals surface area contributed by atoms with Crippen LogP contribution in [0.2, 0.25) is 0 Å². The number of esters is 1. The number of hydrogen-bond acceptors (Lipinski definition) is 4. The minimum Gasteiger partial charge on any atom is -0.452 e. The van der Waals surface area contributed by atoms with E-state index in [-0.39, 0.29) is 12.5 Å². The van der Waals surface area contributed by atoms with Gasteiger partial charge in [0.2, 0.25) is 0 Å². The molecule has 92 valence electrons. The maximum atomic E-state index is 11.6. The highest BCUT2D eigenvalue weighted by Crippen LogP contribution is 2.13. The highest BCUT2D eigenvalue weighted by atomic mass is 16.5. The van der Waals surface area contributed by atoms with E-state index in [1.54, 1.807) is 32.0 Å². The van der Waals surface area contributed by atoms with Gasteiger partial charge in [-0.1, -0.05) is 0 Å². The zero-order chi connectivity index (χ0) is 12.8. The van der Waals surface area contributed by atoms with Gasteiger partial charge in [0.15, 0.2) is 6.61 Å². The van der Waals surface area contributed by atoms with Crippen LogP contribution in [-0.4, -0.2) is 25.0 Å². The fourth-order valence-corrected chi connectivity index (χ4v) is 1.27. The predicted molar refractivity (Wildman–Crippen MR) is 64.6 cm³/mol. The molecule has 0 aliphatic heterocycles. The van der Waals surface area contributed by atoms with Gasteiger partial charge in [-0.05, 0) is 37.6 Å². The van der Waals surface area contributed by atoms with Gasteiger partial charge in [-0.15, -0.1) is 0 Å². The lowest BCUT2D eigenvalue weighted by molar-refractivity contribution is -0.124. The van der Waals surface area contributed by atoms with Crippen molar-refractivity contribution in [3.05, 3.63) is 29.3 Å². The number of carbonyl (C=O) groups excluding carboxylic acids is 2. The molecule has 0 radical (unpaired) electrons. The number of carbonyl (C=O) groups is 2. The molecule has 1 aromatic rings. The van der Waals surface area contributed by atoms with Crippen molar-refractivity contribution < 1.29 is 14.3 Å². The Bertz CT molecular complexity index is 430. The van der Waals surface area contributed by atoms with E-state index in [9.17, 15) is 9.59 Å². The summed E-state index contributed by atoms with van der Waals surface area (Å²) < 4.78 is 4.85. The number of likely N-dealkylation sites (N-methyl/N-ethyl adjacent to an activating group) is 1. The summed E-state index contributed by atoms with van der Waals surface area (Å²) in [5.41, 5.74) is 7.44. The number of anilines is 1. The molecule has 17 heavy (non-hydrogen) atoms. The van der Waals surface area contributed by atoms with Gasteiger partial charge in [0.05, 0.1) is 5.56 Å². The van der Waals surface area contributed by atoms with E-state index in [1.807, 2.05) is 0 Å². The summed E-state index contributed by atoms with van der Waals surface area (Å²) in [6.45, 7) is 3.84. The molecule has 0 atom stereocenters. The molecule has 0 aliphatic carbocycles. The van der Waals surface area contributed by atoms with Crippen molar-refractivity contribution in [3.8, 4) is 0 Å². The van der Waals surface area contributed by atoms with Gasteiger partial charge in [0.25, 0.3) is 5.91 Å². The third-order valence-corrected chi connectivity index (χ3v) is 2.21. The fourth-order valence-electron chi connectivity index (χ4n) is 1.27. The van der Waals surface area contributed by atoms with Gasteiger partial charge in [-0.3, -0.25) is 4.79 Å². The first kappa shape index (κ1) is 13.0. The Labute approximate surface area is 99.9 Å². The summed E-state index contributed by atoms with van der Waals surface area (Å²) in [5, 5.41) is 2.54. The van der Waals surface area contributed by atoms with Crippen molar-refractivity contribution in [3.63, 3.8) is 0 Å². The molecule has 0 bridgehead atoms. The Morgan fingerprint density at radius 3 is 2.71 bits per heavy atom. The average Bonchev–Trinajstić information content (AvgIpc) is 2.30. The molecule has 3 N–H and O–H groups in total. The normalized spacial score (nSPS) is 9.76. The molecule has 1 amide bonds. The second kappa shape index (κ2) is 5.89. The molecule has 0 heterocycles. The zero-order valence-electron chi connectivity index (χ0n) is 9.95. The number of nitrogen functional groups attached to an aromatic ring is 1. The standard InChI is InChI=1S/C12H16N2O3/c1-3-14-11(15)7-17-12(16)9-4-5-10(13)8(2)6-9/h4-6H,3,7,13H2,1-2H3,(H,14,15). The SMILES string of the molecule is CCNC(=O)COC(=O)c1ccc(N)c(C)c1. The van der Waals surface area contributed by atoms with E-state index in [2.05, 4.69) is 5.32 Å². The van der Waals surface area contributed by atoms with Crippen molar-refractivity contribution in [2.45, 2.75) is 13.8 Å². The maximum absolute atomic E-state index is 11.6. The zero-order valence-corrected chi connectivity index (χ0v) is 9.95. The Hall–Kier alpha value is -2.04. The Kier molecular flexibility index (Phi) is 4.51. The number of ether oxygens (including phenoxy) is 1. The number of nitrogens with two attached hydrogens (primary N) is 1. The van der Waals surface area contributed by atoms with E-state index < -0.39 is 5.97 Å². The first-order chi connectivity index (χ1) is 8.04. The number of aryl methyl sites for hydroxylation is 1. The highest BCUT2D eigenvalue weighted by Gasteiger charge is 2.10. The third kappa shape index (κ3) is 3.79. The number of hydrogen-bond donors (Lipinski definition) is 2. The second-order valence-corrected chi connectivity index (χ2v) is 3.60. The van der Waals surface area contributed by atoms with Crippen molar-refractivity contribution in [2.75, 3.05) is 18.9 Å². The summed E-state index contributed by atoms with van der Waals surface area (Å²) >= 11 is 0. The number of rotatable bonds is 4. The van der Waals surface area contributed by atoms with Crippen molar-refractivity contribution in [2.24, 2.45) is 0 Å². The van der Waals surface area contributed by atoms with Crippen molar-refractivity contribution in [1.82, 2.24) is 5.32 Å². The van der Waals surface area contributed by atoms with Crippen LogP contribution in [-0.2, 0) is 9.53 Å². The fraction of sp³-hybridized carbons (Fsp3) is 0.333. The Morgan fingerprint density at radius 1 is 1.41 bits per heavy atom. The summed E-state index contributed by atoms with van der Waals surface area (Å²) in [4.78, 5) is 22.7. The second-order valence-electron chi connectivity index (χ2n) is 3.60. The topological polar surface area (TPSA) is 81.4 Å². The Morgan fingerprint density at radius 2 is 2.12 bits per heavy atom. The molecule has 1 rings (SSSR count). The molecular formula is C12H16N2O3. The number of amides is 1. The number of nitrogens with one attached hydrogen (secondary N) is 1. The summed E-state index contributed by atoms with van der Waals surface area (Å²) in [5.74, 6) is -0.840. The molecule has 5 heteroatoms. The monoisotopic (exact) mass is 236 g/mol. The third-order valence-electron chi connectivity index (χ3n) is 2.21. The molecule has 0 spiro atoms. The van der Waals surface area contributed by atoms with Crippen molar-refractivity contribution >= 4 is 17.6 Å². The lowest BCUT2D eigenvalue weighted by Gasteiger charge is -2.06. The molecule has 0 saturated heterocycles. The quantitative estimate of drug-likeness (QED) is 0.600. The van der Waals surface area contributed by atoms with Gasteiger partial charge < -0.3 is 15.8 Å². The van der Waals surface area contributed by atoms with Crippen LogP contribution in [0.4, 0.5) is 5.69 Å².